The lowest BCUT2D eigenvalue weighted by atomic mass is 9.92. The van der Waals surface area contributed by atoms with Gasteiger partial charge in [0.25, 0.3) is 0 Å². The van der Waals surface area contributed by atoms with Crippen LogP contribution in [0.1, 0.15) is 32.3 Å². The molecule has 0 spiro atoms. The molecule has 0 amide bonds. The second kappa shape index (κ2) is 6.85. The molecule has 0 atom stereocenters. The van der Waals surface area contributed by atoms with E-state index in [2.05, 4.69) is 31.2 Å². The van der Waals surface area contributed by atoms with E-state index in [0.717, 1.165) is 24.0 Å². The summed E-state index contributed by atoms with van der Waals surface area (Å²) < 4.78 is 0. The first kappa shape index (κ1) is 14.3. The van der Waals surface area contributed by atoms with E-state index < -0.39 is 0 Å². The van der Waals surface area contributed by atoms with Crippen molar-refractivity contribution in [3.63, 3.8) is 0 Å². The van der Waals surface area contributed by atoms with Gasteiger partial charge in [0.15, 0.2) is 5.78 Å². The van der Waals surface area contributed by atoms with Crippen LogP contribution in [0.5, 0.6) is 0 Å². The van der Waals surface area contributed by atoms with E-state index in [9.17, 15) is 4.79 Å². The number of carbonyl (C=O) groups is 1. The van der Waals surface area contributed by atoms with Gasteiger partial charge in [0.1, 0.15) is 0 Å². The van der Waals surface area contributed by atoms with E-state index in [1.807, 2.05) is 30.3 Å². The molecule has 1 nitrogen and oxygen atoms in total. The number of rotatable bonds is 5. The van der Waals surface area contributed by atoms with Crippen LogP contribution in [0.4, 0.5) is 0 Å². The van der Waals surface area contributed by atoms with Crippen molar-refractivity contribution in [1.82, 2.24) is 0 Å². The molecule has 1 heteroatoms. The first-order chi connectivity index (χ1) is 9.72. The van der Waals surface area contributed by atoms with E-state index in [4.69, 9.17) is 0 Å². The monoisotopic (exact) mass is 264 g/mol. The minimum Gasteiger partial charge on any atom is -0.295 e. The maximum absolute atomic E-state index is 11.5. The van der Waals surface area contributed by atoms with Crippen LogP contribution in [-0.2, 0) is 4.79 Å². The molecule has 2 rings (SSSR count). The first-order valence-electron chi connectivity index (χ1n) is 7.08. The van der Waals surface area contributed by atoms with Crippen LogP contribution >= 0.6 is 0 Å². The molecule has 0 N–H and O–H groups in total. The SMILES string of the molecule is CCC/C(=C\C(C)=O)c1ccccc1-c1ccccc1. The van der Waals surface area contributed by atoms with Gasteiger partial charge in [0, 0.05) is 0 Å². The highest BCUT2D eigenvalue weighted by molar-refractivity contribution is 5.97. The van der Waals surface area contributed by atoms with Crippen LogP contribution in [-0.4, -0.2) is 5.78 Å². The molecule has 0 aliphatic heterocycles. The van der Waals surface area contributed by atoms with Crippen molar-refractivity contribution in [1.29, 1.82) is 0 Å². The highest BCUT2D eigenvalue weighted by atomic mass is 16.1. The Morgan fingerprint density at radius 2 is 1.65 bits per heavy atom. The summed E-state index contributed by atoms with van der Waals surface area (Å²) in [5.41, 5.74) is 4.66. The molecule has 0 aromatic heterocycles. The number of ketones is 1. The number of allylic oxidation sites excluding steroid dienone is 2. The van der Waals surface area contributed by atoms with Crippen molar-refractivity contribution in [2.75, 3.05) is 0 Å². The molecule has 0 aliphatic rings. The summed E-state index contributed by atoms with van der Waals surface area (Å²) in [5, 5.41) is 0. The van der Waals surface area contributed by atoms with Crippen LogP contribution in [0.3, 0.4) is 0 Å². The van der Waals surface area contributed by atoms with E-state index >= 15 is 0 Å². The van der Waals surface area contributed by atoms with Gasteiger partial charge in [0.2, 0.25) is 0 Å². The Morgan fingerprint density at radius 3 is 2.30 bits per heavy atom. The molecule has 0 radical (unpaired) electrons. The van der Waals surface area contributed by atoms with Gasteiger partial charge in [-0.25, -0.2) is 0 Å². The van der Waals surface area contributed by atoms with E-state index in [0.29, 0.717) is 0 Å². The van der Waals surface area contributed by atoms with E-state index in [1.54, 1.807) is 13.0 Å². The second-order valence-electron chi connectivity index (χ2n) is 4.94. The summed E-state index contributed by atoms with van der Waals surface area (Å²) in [6, 6.07) is 18.6. The fraction of sp³-hybridized carbons (Fsp3) is 0.211. The van der Waals surface area contributed by atoms with Crippen molar-refractivity contribution in [3.05, 3.63) is 66.2 Å². The maximum Gasteiger partial charge on any atom is 0.152 e. The van der Waals surface area contributed by atoms with Gasteiger partial charge in [-0.1, -0.05) is 67.9 Å². The lowest BCUT2D eigenvalue weighted by Crippen LogP contribution is -1.93. The number of carbonyl (C=O) groups excluding carboxylic acids is 1. The van der Waals surface area contributed by atoms with Gasteiger partial charge in [-0.15, -0.1) is 0 Å². The van der Waals surface area contributed by atoms with Crippen LogP contribution < -0.4 is 0 Å². The maximum atomic E-state index is 11.5. The van der Waals surface area contributed by atoms with Crippen LogP contribution in [0, 0.1) is 0 Å². The number of hydrogen-bond acceptors (Lipinski definition) is 1. The standard InChI is InChI=1S/C19H20O/c1-3-9-17(14-15(2)20)19-13-8-7-12-18(19)16-10-5-4-6-11-16/h4-8,10-14H,3,9H2,1-2H3/b17-14+. The molecule has 2 aromatic carbocycles. The minimum absolute atomic E-state index is 0.108. The van der Waals surface area contributed by atoms with Crippen molar-refractivity contribution in [3.8, 4) is 11.1 Å². The minimum atomic E-state index is 0.108. The van der Waals surface area contributed by atoms with Gasteiger partial charge in [-0.05, 0) is 41.7 Å². The quantitative estimate of drug-likeness (QED) is 0.684. The summed E-state index contributed by atoms with van der Waals surface area (Å²) in [6.07, 6.45) is 3.72. The summed E-state index contributed by atoms with van der Waals surface area (Å²) in [6.45, 7) is 3.75. The highest BCUT2D eigenvalue weighted by Gasteiger charge is 2.09. The van der Waals surface area contributed by atoms with Crippen LogP contribution in [0.2, 0.25) is 0 Å². The Kier molecular flexibility index (Phi) is 4.89. The summed E-state index contributed by atoms with van der Waals surface area (Å²) in [5.74, 6) is 0.108. The van der Waals surface area contributed by atoms with Gasteiger partial charge < -0.3 is 0 Å². The number of hydrogen-bond donors (Lipinski definition) is 0. The average Bonchev–Trinajstić information content (AvgIpc) is 2.47. The van der Waals surface area contributed by atoms with E-state index in [1.165, 1.54) is 11.1 Å². The largest absolute Gasteiger partial charge is 0.295 e. The molecular formula is C19H20O. The predicted octanol–water partition coefficient (Wildman–Crippen LogP) is 5.13. The van der Waals surface area contributed by atoms with Crippen molar-refractivity contribution >= 4 is 11.4 Å². The molecular weight excluding hydrogens is 244 g/mol. The van der Waals surface area contributed by atoms with E-state index in [-0.39, 0.29) is 5.78 Å². The predicted molar refractivity (Wildman–Crippen MR) is 85.4 cm³/mol. The second-order valence-corrected chi connectivity index (χ2v) is 4.94. The van der Waals surface area contributed by atoms with Gasteiger partial charge in [0.05, 0.1) is 0 Å². The van der Waals surface area contributed by atoms with Crippen molar-refractivity contribution in [2.24, 2.45) is 0 Å². The van der Waals surface area contributed by atoms with Gasteiger partial charge >= 0.3 is 0 Å². The van der Waals surface area contributed by atoms with Crippen LogP contribution in [0.25, 0.3) is 16.7 Å². The fourth-order valence-electron chi connectivity index (χ4n) is 2.43. The molecule has 20 heavy (non-hydrogen) atoms. The van der Waals surface area contributed by atoms with Gasteiger partial charge in [-0.2, -0.15) is 0 Å². The molecule has 0 unspecified atom stereocenters. The van der Waals surface area contributed by atoms with Crippen LogP contribution in [0.15, 0.2) is 60.7 Å². The molecule has 0 aliphatic carbocycles. The lowest BCUT2D eigenvalue weighted by Gasteiger charge is -2.13. The molecule has 0 heterocycles. The molecule has 0 bridgehead atoms. The summed E-state index contributed by atoms with van der Waals surface area (Å²) in [7, 11) is 0. The van der Waals surface area contributed by atoms with Crippen molar-refractivity contribution < 1.29 is 4.79 Å². The Balaban J connectivity index is 2.54. The third-order valence-electron chi connectivity index (χ3n) is 3.25. The smallest absolute Gasteiger partial charge is 0.152 e. The summed E-state index contributed by atoms with van der Waals surface area (Å²) in [4.78, 5) is 11.5. The third-order valence-corrected chi connectivity index (χ3v) is 3.25. The van der Waals surface area contributed by atoms with Crippen molar-refractivity contribution in [2.45, 2.75) is 26.7 Å². The zero-order valence-corrected chi connectivity index (χ0v) is 12.1. The molecule has 0 fully saturated rings. The average molecular weight is 264 g/mol. The zero-order chi connectivity index (χ0) is 14.4. The van der Waals surface area contributed by atoms with Gasteiger partial charge in [-0.3, -0.25) is 4.79 Å². The Labute approximate surface area is 121 Å². The topological polar surface area (TPSA) is 17.1 Å². The molecule has 0 saturated carbocycles. The Bertz CT molecular complexity index is 609. The summed E-state index contributed by atoms with van der Waals surface area (Å²) >= 11 is 0. The first-order valence-corrected chi connectivity index (χ1v) is 7.08. The normalized spacial score (nSPS) is 11.4. The highest BCUT2D eigenvalue weighted by Crippen LogP contribution is 2.31. The molecule has 0 saturated heterocycles. The zero-order valence-electron chi connectivity index (χ0n) is 12.1. The number of benzene rings is 2. The molecule has 2 aromatic rings. The Hall–Kier alpha value is -2.15. The third kappa shape index (κ3) is 3.45. The lowest BCUT2D eigenvalue weighted by molar-refractivity contribution is -0.112. The Morgan fingerprint density at radius 1 is 1.00 bits per heavy atom. The molecule has 102 valence electrons. The fourth-order valence-corrected chi connectivity index (χ4v) is 2.43.